The van der Waals surface area contributed by atoms with E-state index in [4.69, 9.17) is 0 Å². The van der Waals surface area contributed by atoms with E-state index in [1.165, 1.54) is 17.8 Å². The van der Waals surface area contributed by atoms with Crippen LogP contribution >= 0.6 is 27.3 Å². The van der Waals surface area contributed by atoms with E-state index in [0.717, 1.165) is 23.3 Å². The molecule has 0 radical (unpaired) electrons. The molecule has 0 aromatic carbocycles. The lowest BCUT2D eigenvalue weighted by atomic mass is 10.1. The van der Waals surface area contributed by atoms with Crippen LogP contribution in [0.2, 0.25) is 0 Å². The molecule has 0 aliphatic carbocycles. The minimum atomic E-state index is -0.528. The molecule has 0 bridgehead atoms. The van der Waals surface area contributed by atoms with Crippen LogP contribution < -0.4 is 16.0 Å². The Morgan fingerprint density at radius 1 is 1.52 bits per heavy atom. The van der Waals surface area contributed by atoms with E-state index in [1.54, 1.807) is 13.0 Å². The molecule has 0 saturated carbocycles. The number of carbonyl (C=O) groups excluding carboxylic acids is 2. The molecule has 116 valence electrons. The van der Waals surface area contributed by atoms with Crippen LogP contribution in [-0.4, -0.2) is 37.5 Å². The first kappa shape index (κ1) is 16.5. The van der Waals surface area contributed by atoms with Crippen LogP contribution in [0.25, 0.3) is 0 Å². The Balaban J connectivity index is 1.70. The van der Waals surface area contributed by atoms with Gasteiger partial charge in [0.1, 0.15) is 6.04 Å². The van der Waals surface area contributed by atoms with Crippen molar-refractivity contribution >= 4 is 39.1 Å². The highest BCUT2D eigenvalue weighted by Gasteiger charge is 2.18. The van der Waals surface area contributed by atoms with Gasteiger partial charge in [-0.1, -0.05) is 0 Å². The number of rotatable bonds is 6. The average molecular weight is 374 g/mol. The average Bonchev–Trinajstić information content (AvgIpc) is 3.10. The zero-order valence-electron chi connectivity index (χ0n) is 11.9. The van der Waals surface area contributed by atoms with Crippen molar-refractivity contribution in [2.75, 3.05) is 19.6 Å². The van der Waals surface area contributed by atoms with Gasteiger partial charge in [-0.25, -0.2) is 0 Å². The fourth-order valence-electron chi connectivity index (χ4n) is 2.28. The summed E-state index contributed by atoms with van der Waals surface area (Å²) < 4.78 is 0.898. The summed E-state index contributed by atoms with van der Waals surface area (Å²) in [5.41, 5.74) is 0. The summed E-state index contributed by atoms with van der Waals surface area (Å²) in [6.45, 7) is 4.47. The van der Waals surface area contributed by atoms with Gasteiger partial charge < -0.3 is 16.0 Å². The Hall–Kier alpha value is -0.920. The third-order valence-electron chi connectivity index (χ3n) is 3.55. The summed E-state index contributed by atoms with van der Waals surface area (Å²) in [4.78, 5) is 24.5. The summed E-state index contributed by atoms with van der Waals surface area (Å²) >= 11 is 4.67. The maximum atomic E-state index is 11.9. The highest BCUT2D eigenvalue weighted by molar-refractivity contribution is 9.11. The fraction of sp³-hybridized carbons (Fsp3) is 0.571. The summed E-state index contributed by atoms with van der Waals surface area (Å²) in [6, 6.07) is 3.03. The van der Waals surface area contributed by atoms with Gasteiger partial charge in [-0.3, -0.25) is 9.59 Å². The predicted octanol–water partition coefficient (Wildman–Crippen LogP) is 1.74. The number of thiophene rings is 1. The fourth-order valence-corrected chi connectivity index (χ4v) is 3.57. The molecule has 2 unspecified atom stereocenters. The van der Waals surface area contributed by atoms with Gasteiger partial charge in [-0.05, 0) is 66.8 Å². The second kappa shape index (κ2) is 7.91. The summed E-state index contributed by atoms with van der Waals surface area (Å²) in [5, 5.41) is 8.91. The molecule has 5 nitrogen and oxygen atoms in total. The molecular weight excluding hydrogens is 354 g/mol. The third kappa shape index (κ3) is 5.09. The number of hydrogen-bond donors (Lipinski definition) is 3. The predicted molar refractivity (Wildman–Crippen MR) is 87.6 cm³/mol. The maximum absolute atomic E-state index is 11.9. The van der Waals surface area contributed by atoms with E-state index >= 15 is 0 Å². The van der Waals surface area contributed by atoms with Crippen molar-refractivity contribution in [1.29, 1.82) is 0 Å². The van der Waals surface area contributed by atoms with Crippen LogP contribution in [-0.2, 0) is 4.79 Å². The Kier molecular flexibility index (Phi) is 6.20. The second-order valence-electron chi connectivity index (χ2n) is 5.24. The monoisotopic (exact) mass is 373 g/mol. The molecule has 1 aromatic rings. The molecule has 1 fully saturated rings. The van der Waals surface area contributed by atoms with Crippen molar-refractivity contribution in [3.05, 3.63) is 20.8 Å². The first-order valence-corrected chi connectivity index (χ1v) is 8.72. The van der Waals surface area contributed by atoms with Gasteiger partial charge in [0.25, 0.3) is 5.91 Å². The van der Waals surface area contributed by atoms with Crippen LogP contribution in [0.3, 0.4) is 0 Å². The van der Waals surface area contributed by atoms with E-state index in [1.807, 2.05) is 6.07 Å². The van der Waals surface area contributed by atoms with Crippen molar-refractivity contribution in [1.82, 2.24) is 16.0 Å². The van der Waals surface area contributed by atoms with Crippen LogP contribution in [0.1, 0.15) is 29.4 Å². The standard InChI is InChI=1S/C14H20BrN3O2S/c1-9(18-14(20)11-2-3-12(15)21-11)13(19)17-7-5-10-4-6-16-8-10/h2-3,9-10,16H,4-8H2,1H3,(H,17,19)(H,18,20). The van der Waals surface area contributed by atoms with Crippen molar-refractivity contribution < 1.29 is 9.59 Å². The Morgan fingerprint density at radius 3 is 2.95 bits per heavy atom. The zero-order valence-corrected chi connectivity index (χ0v) is 14.4. The quantitative estimate of drug-likeness (QED) is 0.711. The SMILES string of the molecule is CC(NC(=O)c1ccc(Br)s1)C(=O)NCCC1CCNC1. The van der Waals surface area contributed by atoms with Crippen molar-refractivity contribution in [3.8, 4) is 0 Å². The Bertz CT molecular complexity index is 500. The van der Waals surface area contributed by atoms with Gasteiger partial charge >= 0.3 is 0 Å². The smallest absolute Gasteiger partial charge is 0.262 e. The zero-order chi connectivity index (χ0) is 15.2. The molecule has 1 saturated heterocycles. The van der Waals surface area contributed by atoms with Gasteiger partial charge in [-0.15, -0.1) is 11.3 Å². The first-order valence-electron chi connectivity index (χ1n) is 7.11. The lowest BCUT2D eigenvalue weighted by Gasteiger charge is -2.14. The number of amides is 2. The topological polar surface area (TPSA) is 70.2 Å². The van der Waals surface area contributed by atoms with Gasteiger partial charge in [-0.2, -0.15) is 0 Å². The van der Waals surface area contributed by atoms with Gasteiger partial charge in [0.15, 0.2) is 0 Å². The van der Waals surface area contributed by atoms with Crippen LogP contribution in [0.4, 0.5) is 0 Å². The van der Waals surface area contributed by atoms with Crippen LogP contribution in [0, 0.1) is 5.92 Å². The molecular formula is C14H20BrN3O2S. The van der Waals surface area contributed by atoms with E-state index in [-0.39, 0.29) is 11.8 Å². The molecule has 2 heterocycles. The molecule has 1 aromatic heterocycles. The number of carbonyl (C=O) groups is 2. The van der Waals surface area contributed by atoms with Gasteiger partial charge in [0.05, 0.1) is 8.66 Å². The summed E-state index contributed by atoms with van der Waals surface area (Å²) in [6.07, 6.45) is 2.16. The second-order valence-corrected chi connectivity index (χ2v) is 7.70. The van der Waals surface area contributed by atoms with E-state index in [9.17, 15) is 9.59 Å². The molecule has 2 rings (SSSR count). The molecule has 21 heavy (non-hydrogen) atoms. The van der Waals surface area contributed by atoms with Crippen molar-refractivity contribution in [2.45, 2.75) is 25.8 Å². The van der Waals surface area contributed by atoms with E-state index in [2.05, 4.69) is 31.9 Å². The Labute approximate surface area is 137 Å². The lowest BCUT2D eigenvalue weighted by molar-refractivity contribution is -0.122. The first-order chi connectivity index (χ1) is 10.1. The highest BCUT2D eigenvalue weighted by atomic mass is 79.9. The van der Waals surface area contributed by atoms with Gasteiger partial charge in [0.2, 0.25) is 5.91 Å². The normalized spacial score (nSPS) is 19.2. The van der Waals surface area contributed by atoms with Crippen molar-refractivity contribution in [3.63, 3.8) is 0 Å². The summed E-state index contributed by atoms with van der Waals surface area (Å²) in [7, 11) is 0. The molecule has 0 spiro atoms. The lowest BCUT2D eigenvalue weighted by Crippen LogP contribution is -2.45. The largest absolute Gasteiger partial charge is 0.354 e. The summed E-state index contributed by atoms with van der Waals surface area (Å²) in [5.74, 6) is 0.303. The number of halogens is 1. The van der Waals surface area contributed by atoms with Crippen molar-refractivity contribution in [2.24, 2.45) is 5.92 Å². The van der Waals surface area contributed by atoms with E-state index < -0.39 is 6.04 Å². The maximum Gasteiger partial charge on any atom is 0.262 e. The molecule has 1 aliphatic heterocycles. The van der Waals surface area contributed by atoms with Crippen LogP contribution in [0.5, 0.6) is 0 Å². The molecule has 3 N–H and O–H groups in total. The minimum absolute atomic E-state index is 0.134. The molecule has 2 atom stereocenters. The van der Waals surface area contributed by atoms with Crippen LogP contribution in [0.15, 0.2) is 15.9 Å². The highest BCUT2D eigenvalue weighted by Crippen LogP contribution is 2.21. The molecule has 1 aliphatic rings. The minimum Gasteiger partial charge on any atom is -0.354 e. The number of hydrogen-bond acceptors (Lipinski definition) is 4. The molecule has 7 heteroatoms. The van der Waals surface area contributed by atoms with E-state index in [0.29, 0.717) is 17.3 Å². The van der Waals surface area contributed by atoms with Gasteiger partial charge in [0, 0.05) is 6.54 Å². The molecule has 2 amide bonds. The number of nitrogens with one attached hydrogen (secondary N) is 3. The third-order valence-corrected chi connectivity index (χ3v) is 5.17. The Morgan fingerprint density at radius 2 is 2.33 bits per heavy atom.